The highest BCUT2D eigenvalue weighted by atomic mass is 19.4. The molecular weight excluding hydrogens is 284 g/mol. The number of rotatable bonds is 4. The van der Waals surface area contributed by atoms with Crippen LogP contribution in [0.2, 0.25) is 0 Å². The van der Waals surface area contributed by atoms with Crippen LogP contribution in [0, 0.1) is 5.82 Å². The van der Waals surface area contributed by atoms with E-state index in [1.807, 2.05) is 0 Å². The molecule has 0 aliphatic heterocycles. The molecule has 0 saturated heterocycles. The van der Waals surface area contributed by atoms with Crippen LogP contribution in [0.3, 0.4) is 0 Å². The number of carbonyl (C=O) groups is 2. The molecule has 20 heavy (non-hydrogen) atoms. The van der Waals surface area contributed by atoms with E-state index >= 15 is 0 Å². The summed E-state index contributed by atoms with van der Waals surface area (Å²) in [5.41, 5.74) is -4.20. The minimum Gasteiger partial charge on any atom is -0.467 e. The van der Waals surface area contributed by atoms with Crippen molar-refractivity contribution in [2.24, 2.45) is 0 Å². The summed E-state index contributed by atoms with van der Waals surface area (Å²) in [4.78, 5) is 22.7. The van der Waals surface area contributed by atoms with E-state index in [1.165, 1.54) is 0 Å². The van der Waals surface area contributed by atoms with Crippen LogP contribution >= 0.6 is 0 Å². The molecule has 0 bridgehead atoms. The zero-order valence-corrected chi connectivity index (χ0v) is 10.2. The van der Waals surface area contributed by atoms with Gasteiger partial charge in [0.2, 0.25) is 0 Å². The number of Topliss-reactive ketones (excluding diaryl/α,β-unsaturated/α-hetero) is 1. The van der Waals surface area contributed by atoms with E-state index in [9.17, 15) is 32.3 Å². The van der Waals surface area contributed by atoms with Gasteiger partial charge in [-0.1, -0.05) is 0 Å². The fourth-order valence-corrected chi connectivity index (χ4v) is 1.43. The Morgan fingerprint density at radius 3 is 2.10 bits per heavy atom. The first-order chi connectivity index (χ1) is 9.11. The Morgan fingerprint density at radius 1 is 1.20 bits per heavy atom. The Morgan fingerprint density at radius 2 is 1.70 bits per heavy atom. The Balaban J connectivity index is 3.05. The first kappa shape index (κ1) is 16.1. The molecular formula is C12H10F4O4. The van der Waals surface area contributed by atoms with Gasteiger partial charge in [0.1, 0.15) is 5.82 Å². The van der Waals surface area contributed by atoms with Crippen molar-refractivity contribution in [1.82, 2.24) is 0 Å². The number of hydrogen-bond donors (Lipinski definition) is 1. The number of methoxy groups -OCH3 is 1. The predicted molar refractivity (Wildman–Crippen MR) is 58.4 cm³/mol. The van der Waals surface area contributed by atoms with Crippen molar-refractivity contribution in [1.29, 1.82) is 0 Å². The second-order valence-electron chi connectivity index (χ2n) is 3.96. The number of hydrogen-bond acceptors (Lipinski definition) is 4. The smallest absolute Gasteiger partial charge is 0.428 e. The van der Waals surface area contributed by atoms with Crippen molar-refractivity contribution >= 4 is 11.8 Å². The molecule has 0 fully saturated rings. The van der Waals surface area contributed by atoms with Gasteiger partial charge >= 0.3 is 12.1 Å². The molecule has 1 atom stereocenters. The van der Waals surface area contributed by atoms with Crippen LogP contribution < -0.4 is 0 Å². The number of aliphatic hydroxyl groups is 1. The third-order valence-corrected chi connectivity index (χ3v) is 2.57. The summed E-state index contributed by atoms with van der Waals surface area (Å²) in [5.74, 6) is -3.84. The van der Waals surface area contributed by atoms with Crippen LogP contribution in [-0.4, -0.2) is 35.7 Å². The highest BCUT2D eigenvalue weighted by molar-refractivity contribution is 6.00. The molecule has 110 valence electrons. The first-order valence-electron chi connectivity index (χ1n) is 5.28. The summed E-state index contributed by atoms with van der Waals surface area (Å²) in [6.45, 7) is 0. The largest absolute Gasteiger partial charge is 0.467 e. The maximum atomic E-state index is 12.7. The van der Waals surface area contributed by atoms with Crippen LogP contribution in [0.4, 0.5) is 17.6 Å². The SMILES string of the molecule is COC(=O)C(O)(CC(=O)c1ccc(F)cc1)C(F)(F)F. The molecule has 0 amide bonds. The molecule has 0 spiro atoms. The van der Waals surface area contributed by atoms with E-state index < -0.39 is 35.8 Å². The molecule has 0 aliphatic rings. The Labute approximate surface area is 111 Å². The number of esters is 1. The lowest BCUT2D eigenvalue weighted by molar-refractivity contribution is -0.260. The van der Waals surface area contributed by atoms with Crippen molar-refractivity contribution in [2.45, 2.75) is 18.2 Å². The van der Waals surface area contributed by atoms with Gasteiger partial charge in [-0.15, -0.1) is 0 Å². The average molecular weight is 294 g/mol. The molecule has 4 nitrogen and oxygen atoms in total. The second-order valence-corrected chi connectivity index (χ2v) is 3.96. The minimum absolute atomic E-state index is 0.266. The first-order valence-corrected chi connectivity index (χ1v) is 5.28. The predicted octanol–water partition coefficient (Wildman–Crippen LogP) is 1.86. The van der Waals surface area contributed by atoms with E-state index in [-0.39, 0.29) is 5.56 Å². The molecule has 8 heteroatoms. The maximum Gasteiger partial charge on any atom is 0.428 e. The normalized spacial score (nSPS) is 14.5. The van der Waals surface area contributed by atoms with E-state index in [4.69, 9.17) is 0 Å². The molecule has 0 radical (unpaired) electrons. The van der Waals surface area contributed by atoms with Crippen molar-refractivity contribution in [3.05, 3.63) is 35.6 Å². The highest BCUT2D eigenvalue weighted by Gasteiger charge is 2.61. The highest BCUT2D eigenvalue weighted by Crippen LogP contribution is 2.35. The third-order valence-electron chi connectivity index (χ3n) is 2.57. The van der Waals surface area contributed by atoms with E-state index in [1.54, 1.807) is 0 Å². The zero-order valence-electron chi connectivity index (χ0n) is 10.2. The second kappa shape index (κ2) is 5.58. The van der Waals surface area contributed by atoms with E-state index in [0.29, 0.717) is 7.11 Å². The average Bonchev–Trinajstić information content (AvgIpc) is 2.36. The molecule has 0 heterocycles. The molecule has 1 N–H and O–H groups in total. The lowest BCUT2D eigenvalue weighted by atomic mass is 9.93. The van der Waals surface area contributed by atoms with Gasteiger partial charge in [0.15, 0.2) is 5.78 Å². The number of benzene rings is 1. The Hall–Kier alpha value is -1.96. The number of ether oxygens (including phenoxy) is 1. The van der Waals surface area contributed by atoms with Gasteiger partial charge in [-0.05, 0) is 24.3 Å². The molecule has 1 rings (SSSR count). The van der Waals surface area contributed by atoms with Gasteiger partial charge in [-0.25, -0.2) is 9.18 Å². The van der Waals surface area contributed by atoms with Crippen LogP contribution in [0.25, 0.3) is 0 Å². The van der Waals surface area contributed by atoms with Gasteiger partial charge in [-0.2, -0.15) is 13.2 Å². The van der Waals surface area contributed by atoms with Gasteiger partial charge < -0.3 is 9.84 Å². The number of ketones is 1. The molecule has 1 aromatic carbocycles. The zero-order chi connectivity index (χ0) is 15.6. The molecule has 0 aliphatic carbocycles. The van der Waals surface area contributed by atoms with Gasteiger partial charge in [0.25, 0.3) is 5.60 Å². The summed E-state index contributed by atoms with van der Waals surface area (Å²) in [7, 11) is 0.654. The van der Waals surface area contributed by atoms with Crippen LogP contribution in [0.5, 0.6) is 0 Å². The molecule has 0 saturated carbocycles. The number of halogens is 4. The fraction of sp³-hybridized carbons (Fsp3) is 0.333. The van der Waals surface area contributed by atoms with Gasteiger partial charge in [0, 0.05) is 5.56 Å². The molecule has 1 unspecified atom stereocenters. The van der Waals surface area contributed by atoms with Crippen molar-refractivity contribution < 1.29 is 37.0 Å². The molecule has 1 aromatic rings. The van der Waals surface area contributed by atoms with Gasteiger partial charge in [-0.3, -0.25) is 4.79 Å². The van der Waals surface area contributed by atoms with Crippen LogP contribution in [0.15, 0.2) is 24.3 Å². The summed E-state index contributed by atoms with van der Waals surface area (Å²) < 4.78 is 54.7. The van der Waals surface area contributed by atoms with Crippen molar-refractivity contribution in [3.8, 4) is 0 Å². The fourth-order valence-electron chi connectivity index (χ4n) is 1.43. The lowest BCUT2D eigenvalue weighted by Crippen LogP contribution is -2.54. The minimum atomic E-state index is -5.38. The Bertz CT molecular complexity index is 509. The van der Waals surface area contributed by atoms with Crippen LogP contribution in [-0.2, 0) is 9.53 Å². The molecule has 0 aromatic heterocycles. The van der Waals surface area contributed by atoms with Crippen LogP contribution in [0.1, 0.15) is 16.8 Å². The Kier molecular flexibility index (Phi) is 4.49. The standard InChI is InChI=1S/C12H10F4O4/c1-20-10(18)11(19,12(14,15)16)6-9(17)7-2-4-8(13)5-3-7/h2-5,19H,6H2,1H3. The van der Waals surface area contributed by atoms with E-state index in [0.717, 1.165) is 24.3 Å². The lowest BCUT2D eigenvalue weighted by Gasteiger charge is -2.26. The topological polar surface area (TPSA) is 63.6 Å². The van der Waals surface area contributed by atoms with Crippen molar-refractivity contribution in [2.75, 3.05) is 7.11 Å². The number of alkyl halides is 3. The van der Waals surface area contributed by atoms with E-state index in [2.05, 4.69) is 4.74 Å². The summed E-state index contributed by atoms with van der Waals surface area (Å²) in [5, 5.41) is 9.41. The quantitative estimate of drug-likeness (QED) is 0.523. The maximum absolute atomic E-state index is 12.7. The monoisotopic (exact) mass is 294 g/mol. The van der Waals surface area contributed by atoms with Crippen molar-refractivity contribution in [3.63, 3.8) is 0 Å². The number of carbonyl (C=O) groups excluding carboxylic acids is 2. The van der Waals surface area contributed by atoms with Gasteiger partial charge in [0.05, 0.1) is 13.5 Å². The third kappa shape index (κ3) is 3.13. The summed E-state index contributed by atoms with van der Waals surface area (Å²) in [6.07, 6.45) is -6.93. The summed E-state index contributed by atoms with van der Waals surface area (Å²) in [6, 6.07) is 3.65. The summed E-state index contributed by atoms with van der Waals surface area (Å²) >= 11 is 0.